The Hall–Kier alpha value is -1.56. The molecule has 1 heterocycles. The third-order valence-corrected chi connectivity index (χ3v) is 7.20. The summed E-state index contributed by atoms with van der Waals surface area (Å²) in [7, 11) is 0. The molecule has 0 saturated carbocycles. The zero-order valence-corrected chi connectivity index (χ0v) is 15.5. The van der Waals surface area contributed by atoms with E-state index in [4.69, 9.17) is 0 Å². The number of benzene rings is 2. The monoisotopic (exact) mass is 421 g/mol. The number of hydrogen-bond acceptors (Lipinski definition) is 1. The van der Waals surface area contributed by atoms with Gasteiger partial charge in [-0.1, -0.05) is 0 Å². The molecule has 1 atom stereocenters. The maximum atomic E-state index is 12.6. The van der Waals surface area contributed by atoms with Gasteiger partial charge in [0.2, 0.25) is 0 Å². The third-order valence-electron chi connectivity index (χ3n) is 4.19. The molecule has 0 aromatic heterocycles. The van der Waals surface area contributed by atoms with Gasteiger partial charge in [-0.2, -0.15) is 0 Å². The van der Waals surface area contributed by atoms with Gasteiger partial charge in [-0.25, -0.2) is 0 Å². The molecule has 23 heavy (non-hydrogen) atoms. The zero-order chi connectivity index (χ0) is 16.1. The third kappa shape index (κ3) is 4.25. The molecule has 0 N–H and O–H groups in total. The second kappa shape index (κ2) is 7.81. The second-order valence-electron chi connectivity index (χ2n) is 5.78. The van der Waals surface area contributed by atoms with Gasteiger partial charge in [0.1, 0.15) is 0 Å². The van der Waals surface area contributed by atoms with Crippen LogP contribution in [-0.4, -0.2) is 44.8 Å². The molecule has 2 aromatic carbocycles. The Kier molecular flexibility index (Phi) is 5.54. The topological polar surface area (TPSA) is 20.3 Å². The molecular weight excluding hydrogens is 398 g/mol. The van der Waals surface area contributed by atoms with Crippen molar-refractivity contribution in [1.29, 1.82) is 0 Å². The molecule has 1 amide bonds. The standard InChI is InChI=1S/C20H21NOTe/c1-16(23-18-10-6-3-7-11-18)19-13-15-21(20(19)22)14-12-17-8-4-2-5-9-17/h2-11,19H,1,12-15H2. The van der Waals surface area contributed by atoms with Crippen molar-refractivity contribution in [2.24, 2.45) is 5.92 Å². The van der Waals surface area contributed by atoms with E-state index in [0.29, 0.717) is 0 Å². The Morgan fingerprint density at radius 3 is 2.43 bits per heavy atom. The zero-order valence-electron chi connectivity index (χ0n) is 13.2. The van der Waals surface area contributed by atoms with Crippen molar-refractivity contribution in [3.8, 4) is 0 Å². The van der Waals surface area contributed by atoms with E-state index in [0.717, 1.165) is 25.9 Å². The van der Waals surface area contributed by atoms with Crippen LogP contribution >= 0.6 is 0 Å². The van der Waals surface area contributed by atoms with E-state index in [-0.39, 0.29) is 11.8 Å². The average Bonchev–Trinajstić information content (AvgIpc) is 2.96. The fraction of sp³-hybridized carbons (Fsp3) is 0.250. The summed E-state index contributed by atoms with van der Waals surface area (Å²) in [6.45, 7) is 5.94. The summed E-state index contributed by atoms with van der Waals surface area (Å²) in [6.07, 6.45) is 1.87. The van der Waals surface area contributed by atoms with Crippen LogP contribution < -0.4 is 3.61 Å². The van der Waals surface area contributed by atoms with Crippen LogP contribution in [0.3, 0.4) is 0 Å². The second-order valence-corrected chi connectivity index (χ2v) is 9.21. The number of likely N-dealkylation sites (tertiary alicyclic amines) is 1. The molecule has 1 saturated heterocycles. The molecule has 1 fully saturated rings. The molecule has 0 aliphatic carbocycles. The maximum absolute atomic E-state index is 12.6. The van der Waals surface area contributed by atoms with Crippen LogP contribution in [-0.2, 0) is 11.2 Å². The van der Waals surface area contributed by atoms with Crippen molar-refractivity contribution in [2.45, 2.75) is 12.8 Å². The van der Waals surface area contributed by atoms with E-state index in [1.165, 1.54) is 12.8 Å². The summed E-state index contributed by atoms with van der Waals surface area (Å²) in [5.41, 5.74) is 1.29. The molecule has 118 valence electrons. The van der Waals surface area contributed by atoms with E-state index in [9.17, 15) is 4.79 Å². The van der Waals surface area contributed by atoms with Gasteiger partial charge >= 0.3 is 148 Å². The molecule has 1 aliphatic rings. The first kappa shape index (κ1) is 16.3. The number of hydrogen-bond donors (Lipinski definition) is 0. The van der Waals surface area contributed by atoms with Gasteiger partial charge < -0.3 is 0 Å². The number of amides is 1. The molecule has 1 unspecified atom stereocenters. The fourth-order valence-electron chi connectivity index (χ4n) is 2.88. The van der Waals surface area contributed by atoms with Crippen LogP contribution in [0.4, 0.5) is 0 Å². The van der Waals surface area contributed by atoms with E-state index in [1.54, 1.807) is 0 Å². The molecule has 1 aliphatic heterocycles. The Balaban J connectivity index is 1.55. The molecule has 0 spiro atoms. The van der Waals surface area contributed by atoms with Gasteiger partial charge in [-0.05, 0) is 0 Å². The van der Waals surface area contributed by atoms with Crippen molar-refractivity contribution in [2.75, 3.05) is 13.1 Å². The molecule has 2 aromatic rings. The summed E-state index contributed by atoms with van der Waals surface area (Å²) in [6, 6.07) is 20.8. The van der Waals surface area contributed by atoms with E-state index in [2.05, 4.69) is 55.1 Å². The average molecular weight is 419 g/mol. The molecule has 3 rings (SSSR count). The number of carbonyl (C=O) groups is 1. The Morgan fingerprint density at radius 1 is 1.09 bits per heavy atom. The number of carbonyl (C=O) groups excluding carboxylic acids is 1. The van der Waals surface area contributed by atoms with Crippen molar-refractivity contribution in [3.05, 3.63) is 76.4 Å². The van der Waals surface area contributed by atoms with Gasteiger partial charge in [0.05, 0.1) is 0 Å². The molecule has 0 radical (unpaired) electrons. The SMILES string of the molecule is C=C([Te]c1ccccc1)C1CCN(CCc2ccccc2)C1=O. The van der Waals surface area contributed by atoms with Crippen LogP contribution in [0.1, 0.15) is 12.0 Å². The van der Waals surface area contributed by atoms with Crippen molar-refractivity contribution in [3.63, 3.8) is 0 Å². The van der Waals surface area contributed by atoms with Crippen LogP contribution in [0.5, 0.6) is 0 Å². The summed E-state index contributed by atoms with van der Waals surface area (Å²) >= 11 is -0.490. The minimum atomic E-state index is -0.490. The van der Waals surface area contributed by atoms with Crippen LogP contribution in [0.25, 0.3) is 0 Å². The fourth-order valence-corrected chi connectivity index (χ4v) is 5.61. The minimum absolute atomic E-state index is 0.0494. The van der Waals surface area contributed by atoms with Crippen molar-refractivity contribution >= 4 is 30.4 Å². The Morgan fingerprint density at radius 2 is 1.74 bits per heavy atom. The van der Waals surface area contributed by atoms with Gasteiger partial charge in [-0.3, -0.25) is 0 Å². The van der Waals surface area contributed by atoms with Gasteiger partial charge in [0.15, 0.2) is 0 Å². The first-order valence-corrected chi connectivity index (χ1v) is 10.3. The normalized spacial score (nSPS) is 17.5. The van der Waals surface area contributed by atoms with E-state index < -0.39 is 20.9 Å². The van der Waals surface area contributed by atoms with E-state index >= 15 is 0 Å². The quantitative estimate of drug-likeness (QED) is 0.660. The Labute approximate surface area is 148 Å². The first-order chi connectivity index (χ1) is 11.2. The molecule has 0 bridgehead atoms. The van der Waals surface area contributed by atoms with Gasteiger partial charge in [0.25, 0.3) is 0 Å². The van der Waals surface area contributed by atoms with Crippen LogP contribution in [0.15, 0.2) is 70.9 Å². The summed E-state index contributed by atoms with van der Waals surface area (Å²) in [5.74, 6) is 0.334. The molecule has 2 nitrogen and oxygen atoms in total. The number of rotatable bonds is 6. The number of nitrogens with zero attached hydrogens (tertiary/aromatic N) is 1. The van der Waals surface area contributed by atoms with Gasteiger partial charge in [-0.15, -0.1) is 0 Å². The summed E-state index contributed by atoms with van der Waals surface area (Å²) in [5, 5.41) is 0. The Bertz CT molecular complexity index is 669. The van der Waals surface area contributed by atoms with Gasteiger partial charge in [0, 0.05) is 0 Å². The summed E-state index contributed by atoms with van der Waals surface area (Å²) < 4.78 is 2.53. The molecular formula is C20H21NOTe. The summed E-state index contributed by atoms with van der Waals surface area (Å²) in [4.78, 5) is 14.7. The van der Waals surface area contributed by atoms with Crippen LogP contribution in [0, 0.1) is 5.92 Å². The van der Waals surface area contributed by atoms with E-state index in [1.807, 2.05) is 17.0 Å². The van der Waals surface area contributed by atoms with Crippen LogP contribution in [0.2, 0.25) is 0 Å². The van der Waals surface area contributed by atoms with Crippen molar-refractivity contribution < 1.29 is 4.79 Å². The molecule has 3 heteroatoms. The first-order valence-electron chi connectivity index (χ1n) is 7.98. The van der Waals surface area contributed by atoms with Crippen molar-refractivity contribution in [1.82, 2.24) is 4.90 Å². The predicted octanol–water partition coefficient (Wildman–Crippen LogP) is 2.62. The predicted molar refractivity (Wildman–Crippen MR) is 95.8 cm³/mol.